The standard InChI is InChI=1S/C18H17F3N8/c19-18(20,21)17-25-24-15-5-6-16(26-29(15)17)28-9-7-27(8-10-28)11-14-12-3-1-2-4-13(12)22-23-14/h1-6H,7-11H2,(H,22,23). The minimum absolute atomic E-state index is 0.0742. The van der Waals surface area contributed by atoms with E-state index < -0.39 is 12.0 Å². The summed E-state index contributed by atoms with van der Waals surface area (Å²) in [6, 6.07) is 11.2. The molecule has 0 bridgehead atoms. The van der Waals surface area contributed by atoms with Crippen LogP contribution in [0.2, 0.25) is 0 Å². The van der Waals surface area contributed by atoms with Crippen LogP contribution in [0.25, 0.3) is 16.6 Å². The summed E-state index contributed by atoms with van der Waals surface area (Å²) < 4.78 is 40.0. The molecule has 3 aromatic heterocycles. The Morgan fingerprint density at radius 1 is 0.966 bits per heavy atom. The second kappa shape index (κ2) is 6.69. The van der Waals surface area contributed by atoms with E-state index in [2.05, 4.69) is 30.4 Å². The molecule has 0 saturated carbocycles. The largest absolute Gasteiger partial charge is 0.453 e. The van der Waals surface area contributed by atoms with Crippen LogP contribution in [-0.2, 0) is 12.7 Å². The van der Waals surface area contributed by atoms with Crippen molar-refractivity contribution in [1.82, 2.24) is 34.9 Å². The molecule has 8 nitrogen and oxygen atoms in total. The van der Waals surface area contributed by atoms with Gasteiger partial charge in [0, 0.05) is 38.1 Å². The number of nitrogens with one attached hydrogen (secondary N) is 1. The smallest absolute Gasteiger partial charge is 0.353 e. The predicted molar refractivity (Wildman–Crippen MR) is 99.4 cm³/mol. The number of fused-ring (bicyclic) bond motifs is 2. The van der Waals surface area contributed by atoms with Gasteiger partial charge < -0.3 is 4.90 Å². The summed E-state index contributed by atoms with van der Waals surface area (Å²) in [5.74, 6) is -0.633. The van der Waals surface area contributed by atoms with E-state index >= 15 is 0 Å². The lowest BCUT2D eigenvalue weighted by molar-refractivity contribution is -0.146. The molecular formula is C18H17F3N8. The van der Waals surface area contributed by atoms with Gasteiger partial charge in [0.2, 0.25) is 0 Å². The van der Waals surface area contributed by atoms with Gasteiger partial charge in [0.25, 0.3) is 5.82 Å². The fraction of sp³-hybridized carbons (Fsp3) is 0.333. The zero-order valence-electron chi connectivity index (χ0n) is 15.3. The summed E-state index contributed by atoms with van der Waals surface area (Å²) >= 11 is 0. The Morgan fingerprint density at radius 3 is 2.55 bits per heavy atom. The maximum atomic E-state index is 13.1. The second-order valence-electron chi connectivity index (χ2n) is 6.96. The number of hydrogen-bond donors (Lipinski definition) is 1. The molecule has 1 N–H and O–H groups in total. The number of rotatable bonds is 3. The SMILES string of the molecule is FC(F)(F)c1nnc2ccc(N3CCN(Cc4n[nH]c5ccccc45)CC3)nn12. The summed E-state index contributed by atoms with van der Waals surface area (Å²) in [6.45, 7) is 3.55. The Labute approximate surface area is 162 Å². The van der Waals surface area contributed by atoms with Gasteiger partial charge in [-0.1, -0.05) is 18.2 Å². The molecule has 1 aliphatic rings. The Bertz CT molecular complexity index is 1160. The van der Waals surface area contributed by atoms with Gasteiger partial charge in [0.1, 0.15) is 5.82 Å². The summed E-state index contributed by atoms with van der Waals surface area (Å²) in [5, 5.41) is 19.5. The monoisotopic (exact) mass is 402 g/mol. The van der Waals surface area contributed by atoms with Crippen molar-refractivity contribution in [2.75, 3.05) is 31.1 Å². The van der Waals surface area contributed by atoms with E-state index in [9.17, 15) is 13.2 Å². The van der Waals surface area contributed by atoms with E-state index in [-0.39, 0.29) is 5.65 Å². The third-order valence-electron chi connectivity index (χ3n) is 5.12. The highest BCUT2D eigenvalue weighted by molar-refractivity contribution is 5.81. The Balaban J connectivity index is 1.30. The highest BCUT2D eigenvalue weighted by atomic mass is 19.4. The number of benzene rings is 1. The number of H-pyrrole nitrogens is 1. The average molecular weight is 402 g/mol. The van der Waals surface area contributed by atoms with E-state index in [0.29, 0.717) is 25.5 Å². The number of aromatic amines is 1. The molecule has 29 heavy (non-hydrogen) atoms. The average Bonchev–Trinajstić information content (AvgIpc) is 3.32. The van der Waals surface area contributed by atoms with Crippen molar-refractivity contribution in [2.24, 2.45) is 0 Å². The van der Waals surface area contributed by atoms with Gasteiger partial charge in [0.15, 0.2) is 5.65 Å². The van der Waals surface area contributed by atoms with Gasteiger partial charge in [-0.15, -0.1) is 15.3 Å². The fourth-order valence-electron chi connectivity index (χ4n) is 3.61. The minimum atomic E-state index is -4.60. The van der Waals surface area contributed by atoms with Crippen LogP contribution >= 0.6 is 0 Å². The topological polar surface area (TPSA) is 78.2 Å². The van der Waals surface area contributed by atoms with Crippen LogP contribution < -0.4 is 4.90 Å². The molecule has 4 heterocycles. The van der Waals surface area contributed by atoms with Crippen LogP contribution in [0.3, 0.4) is 0 Å². The Kier molecular flexibility index (Phi) is 4.12. The number of para-hydroxylation sites is 1. The van der Waals surface area contributed by atoms with Crippen LogP contribution in [0.5, 0.6) is 0 Å². The number of nitrogens with zero attached hydrogens (tertiary/aromatic N) is 7. The molecule has 0 amide bonds. The number of alkyl halides is 3. The lowest BCUT2D eigenvalue weighted by Gasteiger charge is -2.35. The van der Waals surface area contributed by atoms with Crippen LogP contribution in [0.1, 0.15) is 11.5 Å². The second-order valence-corrected chi connectivity index (χ2v) is 6.96. The Morgan fingerprint density at radius 2 is 1.76 bits per heavy atom. The zero-order chi connectivity index (χ0) is 20.0. The molecule has 1 saturated heterocycles. The normalized spacial score (nSPS) is 16.2. The first-order valence-corrected chi connectivity index (χ1v) is 9.18. The molecular weight excluding hydrogens is 385 g/mol. The number of piperazine rings is 1. The van der Waals surface area contributed by atoms with E-state index in [1.165, 1.54) is 6.07 Å². The Hall–Kier alpha value is -3.21. The highest BCUT2D eigenvalue weighted by Gasteiger charge is 2.37. The molecule has 0 aliphatic carbocycles. The third-order valence-corrected chi connectivity index (χ3v) is 5.12. The van der Waals surface area contributed by atoms with Gasteiger partial charge in [-0.2, -0.15) is 22.8 Å². The first kappa shape index (κ1) is 17.9. The highest BCUT2D eigenvalue weighted by Crippen LogP contribution is 2.28. The van der Waals surface area contributed by atoms with Crippen LogP contribution in [-0.4, -0.2) is 61.1 Å². The number of aromatic nitrogens is 6. The summed E-state index contributed by atoms with van der Waals surface area (Å²) in [5.41, 5.74) is 2.08. The molecule has 4 aromatic rings. The molecule has 1 aliphatic heterocycles. The van der Waals surface area contributed by atoms with Gasteiger partial charge in [-0.05, 0) is 18.2 Å². The maximum absolute atomic E-state index is 13.1. The molecule has 0 atom stereocenters. The fourth-order valence-corrected chi connectivity index (χ4v) is 3.61. The van der Waals surface area contributed by atoms with Crippen molar-refractivity contribution in [3.05, 3.63) is 47.9 Å². The van der Waals surface area contributed by atoms with Gasteiger partial charge in [-0.3, -0.25) is 10.00 Å². The van der Waals surface area contributed by atoms with E-state index in [1.807, 2.05) is 29.2 Å². The minimum Gasteiger partial charge on any atom is -0.353 e. The molecule has 0 unspecified atom stereocenters. The van der Waals surface area contributed by atoms with E-state index in [1.54, 1.807) is 6.07 Å². The first-order valence-electron chi connectivity index (χ1n) is 9.18. The molecule has 150 valence electrons. The number of hydrogen-bond acceptors (Lipinski definition) is 6. The van der Waals surface area contributed by atoms with Gasteiger partial charge in [0.05, 0.1) is 11.2 Å². The predicted octanol–water partition coefficient (Wildman–Crippen LogP) is 2.34. The molecule has 1 fully saturated rings. The number of halogens is 3. The molecule has 5 rings (SSSR count). The number of anilines is 1. The van der Waals surface area contributed by atoms with E-state index in [0.717, 1.165) is 34.2 Å². The van der Waals surface area contributed by atoms with Crippen molar-refractivity contribution in [1.29, 1.82) is 0 Å². The maximum Gasteiger partial charge on any atom is 0.453 e. The first-order chi connectivity index (χ1) is 14.0. The lowest BCUT2D eigenvalue weighted by atomic mass is 10.2. The quantitative estimate of drug-likeness (QED) is 0.567. The van der Waals surface area contributed by atoms with Gasteiger partial charge in [-0.25, -0.2) is 0 Å². The van der Waals surface area contributed by atoms with Crippen molar-refractivity contribution in [3.63, 3.8) is 0 Å². The van der Waals surface area contributed by atoms with Crippen molar-refractivity contribution in [2.45, 2.75) is 12.7 Å². The van der Waals surface area contributed by atoms with Gasteiger partial charge >= 0.3 is 6.18 Å². The summed E-state index contributed by atoms with van der Waals surface area (Å²) in [4.78, 5) is 4.25. The van der Waals surface area contributed by atoms with Crippen LogP contribution in [0.15, 0.2) is 36.4 Å². The van der Waals surface area contributed by atoms with Crippen molar-refractivity contribution < 1.29 is 13.2 Å². The zero-order valence-corrected chi connectivity index (χ0v) is 15.3. The third kappa shape index (κ3) is 3.27. The lowest BCUT2D eigenvalue weighted by Crippen LogP contribution is -2.46. The van der Waals surface area contributed by atoms with Crippen LogP contribution in [0.4, 0.5) is 19.0 Å². The summed E-state index contributed by atoms with van der Waals surface area (Å²) in [7, 11) is 0. The molecule has 0 radical (unpaired) electrons. The molecule has 0 spiro atoms. The van der Waals surface area contributed by atoms with Crippen molar-refractivity contribution >= 4 is 22.4 Å². The summed E-state index contributed by atoms with van der Waals surface area (Å²) in [6.07, 6.45) is -4.60. The van der Waals surface area contributed by atoms with Crippen LogP contribution in [0, 0.1) is 0 Å². The molecule has 11 heteroatoms. The van der Waals surface area contributed by atoms with Crippen molar-refractivity contribution in [3.8, 4) is 0 Å². The molecule has 1 aromatic carbocycles. The van der Waals surface area contributed by atoms with E-state index in [4.69, 9.17) is 0 Å².